The van der Waals surface area contributed by atoms with Gasteiger partial charge in [-0.15, -0.1) is 0 Å². The molecule has 20 heavy (non-hydrogen) atoms. The van der Waals surface area contributed by atoms with Crippen LogP contribution in [0, 0.1) is 5.92 Å². The number of aliphatic hydroxyl groups is 1. The Balaban J connectivity index is 1.49. The molecule has 6 nitrogen and oxygen atoms in total. The number of carbonyl (C=O) groups excluding carboxylic acids is 1. The van der Waals surface area contributed by atoms with Gasteiger partial charge in [0.15, 0.2) is 0 Å². The number of urea groups is 1. The van der Waals surface area contributed by atoms with E-state index in [0.717, 1.165) is 32.1 Å². The molecule has 0 spiro atoms. The molecule has 3 N–H and O–H groups in total. The number of H-pyrrole nitrogens is 1. The Morgan fingerprint density at radius 1 is 1.60 bits per heavy atom. The first-order chi connectivity index (χ1) is 9.63. The topological polar surface area (TPSA) is 81.2 Å². The molecule has 2 amide bonds. The Hall–Kier alpha value is -1.56. The van der Waals surface area contributed by atoms with E-state index in [1.165, 1.54) is 11.3 Å². The molecule has 3 rings (SSSR count). The molecular formula is C14H22N4O2. The summed E-state index contributed by atoms with van der Waals surface area (Å²) in [7, 11) is 1.74. The lowest BCUT2D eigenvalue weighted by atomic mass is 9.94. The fourth-order valence-corrected chi connectivity index (χ4v) is 2.82. The van der Waals surface area contributed by atoms with Gasteiger partial charge in [-0.2, -0.15) is 5.10 Å². The van der Waals surface area contributed by atoms with E-state index >= 15 is 0 Å². The number of carbonyl (C=O) groups is 1. The minimum Gasteiger partial charge on any atom is -0.391 e. The van der Waals surface area contributed by atoms with Crippen LogP contribution in [-0.2, 0) is 12.8 Å². The highest BCUT2D eigenvalue weighted by atomic mass is 16.3. The molecule has 1 aromatic heterocycles. The van der Waals surface area contributed by atoms with Crippen molar-refractivity contribution in [1.82, 2.24) is 20.4 Å². The Labute approximate surface area is 118 Å². The van der Waals surface area contributed by atoms with E-state index in [4.69, 9.17) is 0 Å². The molecule has 0 aliphatic heterocycles. The smallest absolute Gasteiger partial charge is 0.317 e. The van der Waals surface area contributed by atoms with E-state index in [9.17, 15) is 9.90 Å². The molecule has 1 aromatic rings. The van der Waals surface area contributed by atoms with Crippen LogP contribution >= 0.6 is 0 Å². The molecule has 110 valence electrons. The third-order valence-electron chi connectivity index (χ3n) is 4.32. The van der Waals surface area contributed by atoms with Crippen LogP contribution in [0.2, 0.25) is 0 Å². The molecular weight excluding hydrogens is 256 g/mol. The number of nitrogens with one attached hydrogen (secondary N) is 2. The van der Waals surface area contributed by atoms with Gasteiger partial charge in [-0.3, -0.25) is 5.10 Å². The average Bonchev–Trinajstić information content (AvgIpc) is 3.17. The number of aryl methyl sites for hydroxylation is 1. The minimum absolute atomic E-state index is 0.0957. The molecule has 0 radical (unpaired) electrons. The van der Waals surface area contributed by atoms with Crippen LogP contribution in [0.3, 0.4) is 0 Å². The predicted octanol–water partition coefficient (Wildman–Crippen LogP) is 0.679. The number of fused-ring (bicyclic) bond motifs is 1. The number of nitrogens with zero attached hydrogens (tertiary/aromatic N) is 2. The van der Waals surface area contributed by atoms with Crippen LogP contribution in [0.4, 0.5) is 4.79 Å². The lowest BCUT2D eigenvalue weighted by Crippen LogP contribution is -2.47. The fourth-order valence-electron chi connectivity index (χ4n) is 2.82. The molecule has 2 aliphatic carbocycles. The summed E-state index contributed by atoms with van der Waals surface area (Å²) >= 11 is 0. The van der Waals surface area contributed by atoms with Crippen molar-refractivity contribution in [3.8, 4) is 0 Å². The fraction of sp³-hybridized carbons (Fsp3) is 0.714. The van der Waals surface area contributed by atoms with Gasteiger partial charge in [-0.1, -0.05) is 0 Å². The number of aliphatic hydroxyl groups excluding tert-OH is 1. The van der Waals surface area contributed by atoms with Crippen molar-refractivity contribution in [2.45, 2.75) is 44.2 Å². The van der Waals surface area contributed by atoms with Crippen molar-refractivity contribution in [3.05, 3.63) is 17.5 Å². The zero-order chi connectivity index (χ0) is 14.1. The molecule has 0 bridgehead atoms. The van der Waals surface area contributed by atoms with Crippen LogP contribution in [0.5, 0.6) is 0 Å². The second kappa shape index (κ2) is 5.44. The summed E-state index contributed by atoms with van der Waals surface area (Å²) < 4.78 is 0. The lowest BCUT2D eigenvalue weighted by Gasteiger charge is -2.27. The Morgan fingerprint density at radius 2 is 2.40 bits per heavy atom. The standard InChI is InChI=1S/C14H22N4O2/c1-18(8-13(19)9-2-3-9)14(20)16-11-4-5-12-10(6-11)7-15-17-12/h7,9,11,13,19H,2-6,8H2,1H3,(H,15,17)(H,16,20). The molecule has 6 heteroatoms. The number of amides is 2. The normalized spacial score (nSPS) is 23.0. The molecule has 1 heterocycles. The number of likely N-dealkylation sites (N-methyl/N-ethyl adjacent to an activating group) is 1. The van der Waals surface area contributed by atoms with E-state index in [2.05, 4.69) is 15.5 Å². The maximum Gasteiger partial charge on any atom is 0.317 e. The zero-order valence-corrected chi connectivity index (χ0v) is 11.8. The van der Waals surface area contributed by atoms with Gasteiger partial charge in [0.2, 0.25) is 0 Å². The van der Waals surface area contributed by atoms with E-state index in [-0.39, 0.29) is 18.2 Å². The van der Waals surface area contributed by atoms with Gasteiger partial charge in [0, 0.05) is 25.3 Å². The van der Waals surface area contributed by atoms with Gasteiger partial charge in [-0.05, 0) is 43.6 Å². The zero-order valence-electron chi connectivity index (χ0n) is 11.8. The SMILES string of the molecule is CN(CC(O)C1CC1)C(=O)NC1CCc2[nH]ncc2C1. The average molecular weight is 278 g/mol. The Morgan fingerprint density at radius 3 is 3.15 bits per heavy atom. The third kappa shape index (κ3) is 2.95. The second-order valence-electron chi connectivity index (χ2n) is 6.05. The molecule has 2 aliphatic rings. The molecule has 2 atom stereocenters. The van der Waals surface area contributed by atoms with Crippen molar-refractivity contribution in [2.24, 2.45) is 5.92 Å². The third-order valence-corrected chi connectivity index (χ3v) is 4.32. The van der Waals surface area contributed by atoms with Crippen LogP contribution in [0.15, 0.2) is 6.20 Å². The predicted molar refractivity (Wildman–Crippen MR) is 74.3 cm³/mol. The van der Waals surface area contributed by atoms with E-state index in [0.29, 0.717) is 12.5 Å². The molecule has 2 unspecified atom stereocenters. The lowest BCUT2D eigenvalue weighted by molar-refractivity contribution is 0.112. The summed E-state index contributed by atoms with van der Waals surface area (Å²) in [5.41, 5.74) is 2.38. The Bertz CT molecular complexity index is 483. The summed E-state index contributed by atoms with van der Waals surface area (Å²) in [6.45, 7) is 0.417. The van der Waals surface area contributed by atoms with Crippen LogP contribution < -0.4 is 5.32 Å². The molecule has 1 saturated carbocycles. The van der Waals surface area contributed by atoms with Crippen molar-refractivity contribution in [1.29, 1.82) is 0 Å². The van der Waals surface area contributed by atoms with Gasteiger partial charge < -0.3 is 15.3 Å². The van der Waals surface area contributed by atoms with Gasteiger partial charge >= 0.3 is 6.03 Å². The van der Waals surface area contributed by atoms with Crippen molar-refractivity contribution in [3.63, 3.8) is 0 Å². The number of hydrogen-bond acceptors (Lipinski definition) is 3. The van der Waals surface area contributed by atoms with Gasteiger partial charge in [0.25, 0.3) is 0 Å². The van der Waals surface area contributed by atoms with Crippen molar-refractivity contribution >= 4 is 6.03 Å². The summed E-state index contributed by atoms with van der Waals surface area (Å²) in [5.74, 6) is 0.397. The van der Waals surface area contributed by atoms with E-state index < -0.39 is 0 Å². The largest absolute Gasteiger partial charge is 0.391 e. The number of aromatic amines is 1. The van der Waals surface area contributed by atoms with Crippen molar-refractivity contribution < 1.29 is 9.90 Å². The summed E-state index contributed by atoms with van der Waals surface area (Å²) in [5, 5.41) is 20.0. The summed E-state index contributed by atoms with van der Waals surface area (Å²) in [4.78, 5) is 13.7. The highest BCUT2D eigenvalue weighted by Gasteiger charge is 2.31. The molecule has 0 saturated heterocycles. The van der Waals surface area contributed by atoms with Crippen LogP contribution in [0.25, 0.3) is 0 Å². The van der Waals surface area contributed by atoms with Gasteiger partial charge in [0.05, 0.1) is 12.3 Å². The van der Waals surface area contributed by atoms with E-state index in [1.54, 1.807) is 11.9 Å². The number of rotatable bonds is 4. The summed E-state index contributed by atoms with van der Waals surface area (Å²) in [6, 6.07) is 0.0646. The molecule has 1 fully saturated rings. The first-order valence-electron chi connectivity index (χ1n) is 7.34. The second-order valence-corrected chi connectivity index (χ2v) is 6.05. The van der Waals surface area contributed by atoms with E-state index in [1.807, 2.05) is 6.20 Å². The quantitative estimate of drug-likeness (QED) is 0.757. The first-order valence-corrected chi connectivity index (χ1v) is 7.34. The van der Waals surface area contributed by atoms with Gasteiger partial charge in [-0.25, -0.2) is 4.79 Å². The first kappa shape index (κ1) is 13.4. The van der Waals surface area contributed by atoms with Crippen LogP contribution in [0.1, 0.15) is 30.5 Å². The summed E-state index contributed by atoms with van der Waals surface area (Å²) in [6.07, 6.45) is 6.32. The van der Waals surface area contributed by atoms with Crippen LogP contribution in [-0.4, -0.2) is 52.0 Å². The monoisotopic (exact) mass is 278 g/mol. The maximum atomic E-state index is 12.1. The maximum absolute atomic E-state index is 12.1. The highest BCUT2D eigenvalue weighted by molar-refractivity contribution is 5.74. The number of aromatic nitrogens is 2. The highest BCUT2D eigenvalue weighted by Crippen LogP contribution is 2.32. The Kier molecular flexibility index (Phi) is 3.65. The minimum atomic E-state index is -0.377. The number of hydrogen-bond donors (Lipinski definition) is 3. The van der Waals surface area contributed by atoms with Crippen molar-refractivity contribution in [2.75, 3.05) is 13.6 Å². The van der Waals surface area contributed by atoms with Gasteiger partial charge in [0.1, 0.15) is 0 Å². The molecule has 0 aromatic carbocycles.